The van der Waals surface area contributed by atoms with Crippen LogP contribution in [0.4, 0.5) is 5.69 Å². The van der Waals surface area contributed by atoms with E-state index in [9.17, 15) is 4.79 Å². The van der Waals surface area contributed by atoms with E-state index >= 15 is 0 Å². The number of thiophene rings is 1. The summed E-state index contributed by atoms with van der Waals surface area (Å²) in [4.78, 5) is 13.1. The van der Waals surface area contributed by atoms with E-state index in [1.807, 2.05) is 84.9 Å². The highest BCUT2D eigenvalue weighted by molar-refractivity contribution is 7.80. The lowest BCUT2D eigenvalue weighted by Crippen LogP contribution is -2.33. The fraction of sp³-hybridized carbons (Fsp3) is 0.0435. The van der Waals surface area contributed by atoms with Gasteiger partial charge in [-0.3, -0.25) is 10.1 Å². The second-order valence-electron chi connectivity index (χ2n) is 6.36. The minimum atomic E-state index is -0.222. The molecular formula is C23H18N2O2S2. The van der Waals surface area contributed by atoms with Crippen molar-refractivity contribution >= 4 is 50.3 Å². The largest absolute Gasteiger partial charge is 0.489 e. The van der Waals surface area contributed by atoms with E-state index in [0.717, 1.165) is 27.1 Å². The molecule has 0 aliphatic rings. The van der Waals surface area contributed by atoms with Gasteiger partial charge in [0.15, 0.2) is 5.11 Å². The number of fused-ring (bicyclic) bond motifs is 1. The van der Waals surface area contributed by atoms with Gasteiger partial charge in [0.05, 0.1) is 4.88 Å². The smallest absolute Gasteiger partial charge is 0.267 e. The summed E-state index contributed by atoms with van der Waals surface area (Å²) in [5.41, 5.74) is 1.84. The monoisotopic (exact) mass is 418 g/mol. The zero-order chi connectivity index (χ0) is 20.1. The first-order valence-corrected chi connectivity index (χ1v) is 10.3. The van der Waals surface area contributed by atoms with Crippen molar-refractivity contribution in [3.8, 4) is 5.75 Å². The topological polar surface area (TPSA) is 50.4 Å². The molecular weight excluding hydrogens is 400 g/mol. The summed E-state index contributed by atoms with van der Waals surface area (Å²) in [6, 6.07) is 27.2. The number of hydrogen-bond donors (Lipinski definition) is 2. The molecule has 29 heavy (non-hydrogen) atoms. The van der Waals surface area contributed by atoms with Crippen LogP contribution in [0.1, 0.15) is 15.2 Å². The molecule has 4 aromatic rings. The van der Waals surface area contributed by atoms with Gasteiger partial charge in [-0.25, -0.2) is 0 Å². The maximum Gasteiger partial charge on any atom is 0.267 e. The molecule has 1 amide bonds. The van der Waals surface area contributed by atoms with E-state index in [1.165, 1.54) is 11.3 Å². The summed E-state index contributed by atoms with van der Waals surface area (Å²) in [6.07, 6.45) is 0. The lowest BCUT2D eigenvalue weighted by molar-refractivity contribution is 0.0981. The molecule has 4 rings (SSSR count). The van der Waals surface area contributed by atoms with Crippen LogP contribution in [0, 0.1) is 0 Å². The number of nitrogens with one attached hydrogen (secondary N) is 2. The second kappa shape index (κ2) is 8.86. The Labute approximate surface area is 178 Å². The van der Waals surface area contributed by atoms with Crippen LogP contribution < -0.4 is 15.4 Å². The van der Waals surface area contributed by atoms with Crippen LogP contribution in [0.2, 0.25) is 0 Å². The number of benzene rings is 3. The summed E-state index contributed by atoms with van der Waals surface area (Å²) >= 11 is 6.74. The molecule has 0 spiro atoms. The molecule has 0 bridgehead atoms. The van der Waals surface area contributed by atoms with Crippen molar-refractivity contribution in [2.45, 2.75) is 6.61 Å². The molecule has 2 N–H and O–H groups in total. The van der Waals surface area contributed by atoms with Crippen LogP contribution in [-0.2, 0) is 6.61 Å². The maximum atomic E-state index is 12.5. The summed E-state index contributed by atoms with van der Waals surface area (Å²) in [6.45, 7) is 0.484. The van der Waals surface area contributed by atoms with Crippen molar-refractivity contribution in [3.05, 3.63) is 95.4 Å². The van der Waals surface area contributed by atoms with Gasteiger partial charge in [0.25, 0.3) is 5.91 Å². The van der Waals surface area contributed by atoms with Gasteiger partial charge in [-0.2, -0.15) is 0 Å². The van der Waals surface area contributed by atoms with Gasteiger partial charge in [-0.05, 0) is 47.4 Å². The highest BCUT2D eigenvalue weighted by Crippen LogP contribution is 2.25. The molecule has 1 heterocycles. The van der Waals surface area contributed by atoms with Gasteiger partial charge in [-0.1, -0.05) is 54.6 Å². The Kier molecular flexibility index (Phi) is 5.84. The molecule has 0 saturated carbocycles. The van der Waals surface area contributed by atoms with Crippen molar-refractivity contribution in [3.63, 3.8) is 0 Å². The zero-order valence-corrected chi connectivity index (χ0v) is 17.1. The summed E-state index contributed by atoms with van der Waals surface area (Å²) in [5, 5.41) is 7.06. The first-order chi connectivity index (χ1) is 14.2. The molecule has 0 aliphatic carbocycles. The summed E-state index contributed by atoms with van der Waals surface area (Å²) in [5.74, 6) is 0.498. The molecule has 0 atom stereocenters. The van der Waals surface area contributed by atoms with Crippen LogP contribution in [0.15, 0.2) is 84.9 Å². The van der Waals surface area contributed by atoms with Gasteiger partial charge in [0, 0.05) is 16.5 Å². The summed E-state index contributed by atoms with van der Waals surface area (Å²) < 4.78 is 6.90. The van der Waals surface area contributed by atoms with E-state index in [2.05, 4.69) is 10.6 Å². The van der Waals surface area contributed by atoms with Crippen LogP contribution in [0.5, 0.6) is 5.75 Å². The SMILES string of the molecule is O=C(NC(=S)Nc1cccc(OCc2ccccc2)c1)c1cc2ccccc2s1. The number of rotatable bonds is 5. The van der Waals surface area contributed by atoms with Gasteiger partial charge < -0.3 is 10.1 Å². The fourth-order valence-corrected chi connectivity index (χ4v) is 3.99. The second-order valence-corrected chi connectivity index (χ2v) is 7.85. The van der Waals surface area contributed by atoms with Crippen LogP contribution in [0.25, 0.3) is 10.1 Å². The molecule has 4 nitrogen and oxygen atoms in total. The average Bonchev–Trinajstić information content (AvgIpc) is 3.18. The normalized spacial score (nSPS) is 10.5. The van der Waals surface area contributed by atoms with E-state index < -0.39 is 0 Å². The quantitative estimate of drug-likeness (QED) is 0.414. The third-order valence-corrected chi connectivity index (χ3v) is 5.54. The Morgan fingerprint density at radius 2 is 1.72 bits per heavy atom. The lowest BCUT2D eigenvalue weighted by atomic mass is 10.2. The third-order valence-electron chi connectivity index (χ3n) is 4.22. The van der Waals surface area contributed by atoms with E-state index in [1.54, 1.807) is 0 Å². The summed E-state index contributed by atoms with van der Waals surface area (Å²) in [7, 11) is 0. The predicted octanol–water partition coefficient (Wildman–Crippen LogP) is 5.61. The number of hydrogen-bond acceptors (Lipinski definition) is 4. The fourth-order valence-electron chi connectivity index (χ4n) is 2.83. The minimum Gasteiger partial charge on any atom is -0.489 e. The Bertz CT molecular complexity index is 1120. The van der Waals surface area contributed by atoms with Gasteiger partial charge in [0.1, 0.15) is 12.4 Å². The Morgan fingerprint density at radius 1 is 0.931 bits per heavy atom. The number of carbonyl (C=O) groups is 1. The molecule has 144 valence electrons. The first-order valence-electron chi connectivity index (χ1n) is 9.05. The highest BCUT2D eigenvalue weighted by atomic mass is 32.1. The lowest BCUT2D eigenvalue weighted by Gasteiger charge is -2.11. The van der Waals surface area contributed by atoms with Crippen molar-refractivity contribution < 1.29 is 9.53 Å². The van der Waals surface area contributed by atoms with Gasteiger partial charge in [-0.15, -0.1) is 11.3 Å². The number of thiocarbonyl (C=S) groups is 1. The average molecular weight is 419 g/mol. The van der Waals surface area contributed by atoms with Gasteiger partial charge in [0.2, 0.25) is 0 Å². The number of amides is 1. The number of carbonyl (C=O) groups excluding carboxylic acids is 1. The van der Waals surface area contributed by atoms with Crippen molar-refractivity contribution in [2.24, 2.45) is 0 Å². The molecule has 0 radical (unpaired) electrons. The van der Waals surface area contributed by atoms with Crippen LogP contribution in [0.3, 0.4) is 0 Å². The highest BCUT2D eigenvalue weighted by Gasteiger charge is 2.12. The minimum absolute atomic E-state index is 0.222. The maximum absolute atomic E-state index is 12.5. The number of ether oxygens (including phenoxy) is 1. The van der Waals surface area contributed by atoms with Crippen molar-refractivity contribution in [2.75, 3.05) is 5.32 Å². The Hall–Kier alpha value is -3.22. The zero-order valence-electron chi connectivity index (χ0n) is 15.4. The molecule has 0 saturated heterocycles. The van der Waals surface area contributed by atoms with Gasteiger partial charge >= 0.3 is 0 Å². The molecule has 3 aromatic carbocycles. The predicted molar refractivity (Wildman–Crippen MR) is 123 cm³/mol. The van der Waals surface area contributed by atoms with E-state index in [0.29, 0.717) is 11.5 Å². The molecule has 1 aromatic heterocycles. The first kappa shape index (κ1) is 19.1. The standard InChI is InChI=1S/C23H18N2O2S2/c26-22(21-13-17-9-4-5-12-20(17)29-21)25-23(28)24-18-10-6-11-19(14-18)27-15-16-7-2-1-3-8-16/h1-14H,15H2,(H2,24,25,26,28). The number of anilines is 1. The third kappa shape index (κ3) is 4.99. The molecule has 6 heteroatoms. The molecule has 0 aliphatic heterocycles. The molecule has 0 unspecified atom stereocenters. The van der Waals surface area contributed by atoms with E-state index in [4.69, 9.17) is 17.0 Å². The van der Waals surface area contributed by atoms with Crippen LogP contribution in [-0.4, -0.2) is 11.0 Å². The Morgan fingerprint density at radius 3 is 2.55 bits per heavy atom. The van der Waals surface area contributed by atoms with Crippen molar-refractivity contribution in [1.82, 2.24) is 5.32 Å². The molecule has 0 fully saturated rings. The Balaban J connectivity index is 1.36. The van der Waals surface area contributed by atoms with Crippen LogP contribution >= 0.6 is 23.6 Å². The van der Waals surface area contributed by atoms with Crippen molar-refractivity contribution in [1.29, 1.82) is 0 Å². The van der Waals surface area contributed by atoms with E-state index in [-0.39, 0.29) is 11.0 Å².